The Morgan fingerprint density at radius 2 is 2.18 bits per heavy atom. The van der Waals surface area contributed by atoms with E-state index in [1.54, 1.807) is 11.3 Å². The molecule has 17 heavy (non-hydrogen) atoms. The monoisotopic (exact) mass is 311 g/mol. The predicted molar refractivity (Wildman–Crippen MR) is 75.2 cm³/mol. The fourth-order valence-corrected chi connectivity index (χ4v) is 3.00. The molecule has 5 heteroatoms. The van der Waals surface area contributed by atoms with E-state index in [9.17, 15) is 0 Å². The number of aromatic nitrogens is 2. The third-order valence-electron chi connectivity index (χ3n) is 2.41. The molecule has 0 aliphatic heterocycles. The zero-order chi connectivity index (χ0) is 12.3. The second kappa shape index (κ2) is 5.71. The lowest BCUT2D eigenvalue weighted by molar-refractivity contribution is 0.812. The number of rotatable bonds is 4. The van der Waals surface area contributed by atoms with Gasteiger partial charge in [0, 0.05) is 16.5 Å². The molecule has 0 saturated carbocycles. The van der Waals surface area contributed by atoms with Crippen LogP contribution in [0.25, 0.3) is 10.6 Å². The highest BCUT2D eigenvalue weighted by atomic mass is 79.9. The van der Waals surface area contributed by atoms with Crippen molar-refractivity contribution in [1.82, 2.24) is 10.2 Å². The van der Waals surface area contributed by atoms with Gasteiger partial charge >= 0.3 is 0 Å². The van der Waals surface area contributed by atoms with Crippen molar-refractivity contribution >= 4 is 27.3 Å². The molecule has 0 spiro atoms. The van der Waals surface area contributed by atoms with E-state index >= 15 is 0 Å². The Labute approximate surface area is 113 Å². The van der Waals surface area contributed by atoms with Gasteiger partial charge in [0.25, 0.3) is 0 Å². The average Bonchev–Trinajstić information content (AvgIpc) is 2.78. The maximum atomic E-state index is 5.49. The minimum absolute atomic E-state index is 0.697. The first kappa shape index (κ1) is 12.7. The van der Waals surface area contributed by atoms with E-state index in [1.165, 1.54) is 5.56 Å². The van der Waals surface area contributed by atoms with Crippen molar-refractivity contribution in [1.29, 1.82) is 0 Å². The Morgan fingerprint density at radius 1 is 1.35 bits per heavy atom. The molecule has 90 valence electrons. The van der Waals surface area contributed by atoms with E-state index in [1.807, 2.05) is 6.07 Å². The van der Waals surface area contributed by atoms with Crippen LogP contribution in [0.4, 0.5) is 0 Å². The van der Waals surface area contributed by atoms with Gasteiger partial charge in [0.1, 0.15) is 10.0 Å². The van der Waals surface area contributed by atoms with E-state index in [-0.39, 0.29) is 0 Å². The standard InChI is InChI=1S/C12H14BrN3S/c1-8-4-5-10(13)9(7-8)12-16-15-11(17-12)3-2-6-14/h4-5,7H,2-3,6,14H2,1H3. The third-order valence-corrected chi connectivity index (χ3v) is 4.12. The van der Waals surface area contributed by atoms with Crippen molar-refractivity contribution < 1.29 is 0 Å². The van der Waals surface area contributed by atoms with Crippen LogP contribution in [0, 0.1) is 6.92 Å². The fourth-order valence-electron chi connectivity index (χ4n) is 1.52. The van der Waals surface area contributed by atoms with E-state index in [0.29, 0.717) is 6.54 Å². The molecule has 0 saturated heterocycles. The van der Waals surface area contributed by atoms with E-state index in [0.717, 1.165) is 32.9 Å². The molecule has 1 heterocycles. The molecule has 0 aliphatic rings. The molecule has 0 bridgehead atoms. The number of hydrogen-bond acceptors (Lipinski definition) is 4. The van der Waals surface area contributed by atoms with Gasteiger partial charge in [-0.25, -0.2) is 0 Å². The first-order chi connectivity index (χ1) is 8.20. The van der Waals surface area contributed by atoms with Gasteiger partial charge in [-0.05, 0) is 32.0 Å². The lowest BCUT2D eigenvalue weighted by Crippen LogP contribution is -1.99. The Bertz CT molecular complexity index is 510. The summed E-state index contributed by atoms with van der Waals surface area (Å²) in [5, 5.41) is 10.5. The van der Waals surface area contributed by atoms with Crippen LogP contribution in [0.1, 0.15) is 17.0 Å². The van der Waals surface area contributed by atoms with Crippen LogP contribution in [0.3, 0.4) is 0 Å². The third kappa shape index (κ3) is 3.12. The van der Waals surface area contributed by atoms with Crippen LogP contribution in [0.15, 0.2) is 22.7 Å². The highest BCUT2D eigenvalue weighted by Gasteiger charge is 2.09. The Hall–Kier alpha value is -0.780. The van der Waals surface area contributed by atoms with Crippen molar-refractivity contribution in [3.05, 3.63) is 33.2 Å². The molecule has 2 aromatic rings. The normalized spacial score (nSPS) is 10.8. The molecule has 0 aliphatic carbocycles. The minimum Gasteiger partial charge on any atom is -0.330 e. The lowest BCUT2D eigenvalue weighted by Gasteiger charge is -2.00. The quantitative estimate of drug-likeness (QED) is 0.943. The van der Waals surface area contributed by atoms with Crippen LogP contribution >= 0.6 is 27.3 Å². The molecule has 2 N–H and O–H groups in total. The topological polar surface area (TPSA) is 51.8 Å². The molecule has 0 radical (unpaired) electrons. The van der Waals surface area contributed by atoms with Gasteiger partial charge in [-0.2, -0.15) is 0 Å². The van der Waals surface area contributed by atoms with E-state index < -0.39 is 0 Å². The van der Waals surface area contributed by atoms with Gasteiger partial charge in [0.15, 0.2) is 0 Å². The summed E-state index contributed by atoms with van der Waals surface area (Å²) in [6.07, 6.45) is 1.88. The molecule has 0 amide bonds. The predicted octanol–water partition coefficient (Wildman–Crippen LogP) is 3.17. The van der Waals surface area contributed by atoms with Crippen molar-refractivity contribution in [3.63, 3.8) is 0 Å². The van der Waals surface area contributed by atoms with E-state index in [2.05, 4.69) is 45.2 Å². The molecule has 3 nitrogen and oxygen atoms in total. The van der Waals surface area contributed by atoms with Gasteiger partial charge in [-0.15, -0.1) is 10.2 Å². The molecule has 0 atom stereocenters. The number of aryl methyl sites for hydroxylation is 2. The summed E-state index contributed by atoms with van der Waals surface area (Å²) in [6.45, 7) is 2.77. The largest absolute Gasteiger partial charge is 0.330 e. The molecule has 1 aromatic heterocycles. The summed E-state index contributed by atoms with van der Waals surface area (Å²) in [6, 6.07) is 6.24. The summed E-state index contributed by atoms with van der Waals surface area (Å²) in [4.78, 5) is 0. The average molecular weight is 312 g/mol. The van der Waals surface area contributed by atoms with E-state index in [4.69, 9.17) is 5.73 Å². The van der Waals surface area contributed by atoms with Gasteiger partial charge in [0.2, 0.25) is 0 Å². The summed E-state index contributed by atoms with van der Waals surface area (Å²) < 4.78 is 1.06. The maximum Gasteiger partial charge on any atom is 0.148 e. The molecule has 0 unspecified atom stereocenters. The summed E-state index contributed by atoms with van der Waals surface area (Å²) in [5.41, 5.74) is 7.82. The van der Waals surface area contributed by atoms with Crippen LogP contribution in [0.2, 0.25) is 0 Å². The second-order valence-electron chi connectivity index (χ2n) is 3.88. The first-order valence-corrected chi connectivity index (χ1v) is 7.10. The first-order valence-electron chi connectivity index (χ1n) is 5.49. The summed E-state index contributed by atoms with van der Waals surface area (Å²) in [7, 11) is 0. The van der Waals surface area contributed by atoms with Crippen molar-refractivity contribution in [3.8, 4) is 10.6 Å². The lowest BCUT2D eigenvalue weighted by atomic mass is 10.1. The zero-order valence-electron chi connectivity index (χ0n) is 9.61. The summed E-state index contributed by atoms with van der Waals surface area (Å²) in [5.74, 6) is 0. The SMILES string of the molecule is Cc1ccc(Br)c(-c2nnc(CCCN)s2)c1. The van der Waals surface area contributed by atoms with Gasteiger partial charge in [0.05, 0.1) is 0 Å². The van der Waals surface area contributed by atoms with Crippen LogP contribution in [-0.2, 0) is 6.42 Å². The highest BCUT2D eigenvalue weighted by Crippen LogP contribution is 2.31. The molecule has 1 aromatic carbocycles. The van der Waals surface area contributed by atoms with Crippen molar-refractivity contribution in [2.75, 3.05) is 6.54 Å². The second-order valence-corrected chi connectivity index (χ2v) is 5.79. The van der Waals surface area contributed by atoms with Gasteiger partial charge in [-0.1, -0.05) is 38.9 Å². The highest BCUT2D eigenvalue weighted by molar-refractivity contribution is 9.10. The number of hydrogen-bond donors (Lipinski definition) is 1. The van der Waals surface area contributed by atoms with Gasteiger partial charge < -0.3 is 5.73 Å². The Morgan fingerprint density at radius 3 is 2.94 bits per heavy atom. The molecule has 0 fully saturated rings. The number of benzene rings is 1. The van der Waals surface area contributed by atoms with Crippen molar-refractivity contribution in [2.24, 2.45) is 5.73 Å². The maximum absolute atomic E-state index is 5.49. The van der Waals surface area contributed by atoms with Crippen molar-refractivity contribution in [2.45, 2.75) is 19.8 Å². The zero-order valence-corrected chi connectivity index (χ0v) is 12.0. The Balaban J connectivity index is 2.27. The van der Waals surface area contributed by atoms with Crippen LogP contribution < -0.4 is 5.73 Å². The smallest absolute Gasteiger partial charge is 0.148 e. The minimum atomic E-state index is 0.697. The number of nitrogens with two attached hydrogens (primary N) is 1. The summed E-state index contributed by atoms with van der Waals surface area (Å²) >= 11 is 5.19. The fraction of sp³-hybridized carbons (Fsp3) is 0.333. The van der Waals surface area contributed by atoms with Crippen LogP contribution in [-0.4, -0.2) is 16.7 Å². The molecular weight excluding hydrogens is 298 g/mol. The number of nitrogens with zero attached hydrogens (tertiary/aromatic N) is 2. The molecular formula is C12H14BrN3S. The van der Waals surface area contributed by atoms with Gasteiger partial charge in [-0.3, -0.25) is 0 Å². The number of halogens is 1. The molecule has 2 rings (SSSR count). The van der Waals surface area contributed by atoms with Crippen LogP contribution in [0.5, 0.6) is 0 Å². The Kier molecular flexibility index (Phi) is 4.25.